The number of amides is 2. The van der Waals surface area contributed by atoms with Crippen molar-refractivity contribution in [3.63, 3.8) is 0 Å². The second-order valence-corrected chi connectivity index (χ2v) is 14.5. The summed E-state index contributed by atoms with van der Waals surface area (Å²) >= 11 is 0. The number of alkyl carbamates (subject to hydrolysis) is 2. The first-order chi connectivity index (χ1) is 21.9. The Balaban J connectivity index is 1.53. The number of nitrogens with one attached hydrogen (secondary N) is 2. The number of benzene rings is 2. The monoisotopic (exact) mass is 662 g/mol. The number of carbonyl (C=O) groups is 2. The minimum atomic E-state index is -4.13. The first-order valence-corrected chi connectivity index (χ1v) is 16.9. The molecule has 0 bridgehead atoms. The number of fused-ring (bicyclic) bond motifs is 1. The lowest BCUT2D eigenvalue weighted by atomic mass is 9.87. The second-order valence-electron chi connectivity index (χ2n) is 12.5. The molecule has 2 aliphatic rings. The molecule has 5 N–H and O–H groups in total. The molecule has 0 spiro atoms. The van der Waals surface area contributed by atoms with Gasteiger partial charge in [0.05, 0.1) is 43.3 Å². The molecule has 0 aliphatic carbocycles. The van der Waals surface area contributed by atoms with E-state index >= 15 is 0 Å². The number of rotatable bonds is 15. The zero-order valence-corrected chi connectivity index (χ0v) is 27.4. The van der Waals surface area contributed by atoms with Crippen LogP contribution in [0, 0.1) is 11.3 Å². The highest BCUT2D eigenvalue weighted by Crippen LogP contribution is 2.33. The Morgan fingerprint density at radius 3 is 2.61 bits per heavy atom. The number of sulfonamides is 1. The van der Waals surface area contributed by atoms with Crippen molar-refractivity contribution in [2.75, 3.05) is 45.7 Å². The maximum absolute atomic E-state index is 14.0. The van der Waals surface area contributed by atoms with Crippen molar-refractivity contribution in [1.29, 1.82) is 0 Å². The van der Waals surface area contributed by atoms with Crippen LogP contribution in [-0.4, -0.2) is 94.5 Å². The number of hydrogen-bond acceptors (Lipinski definition) is 10. The van der Waals surface area contributed by atoms with Gasteiger partial charge in [-0.2, -0.15) is 4.31 Å². The molecular weight excluding hydrogens is 616 g/mol. The molecule has 13 nitrogen and oxygen atoms in total. The lowest BCUT2D eigenvalue weighted by molar-refractivity contribution is -0.0907. The zero-order valence-electron chi connectivity index (χ0n) is 26.6. The first-order valence-electron chi connectivity index (χ1n) is 15.5. The molecule has 46 heavy (non-hydrogen) atoms. The number of aliphatic hydroxyl groups excluding tert-OH is 1. The van der Waals surface area contributed by atoms with Gasteiger partial charge in [-0.05, 0) is 54.9 Å². The number of hydrogen-bond donors (Lipinski definition) is 4. The van der Waals surface area contributed by atoms with E-state index in [4.69, 9.17) is 19.9 Å². The van der Waals surface area contributed by atoms with Crippen LogP contribution in [0.15, 0.2) is 59.5 Å². The number of anilines is 1. The lowest BCUT2D eigenvalue weighted by Gasteiger charge is -2.35. The van der Waals surface area contributed by atoms with Crippen molar-refractivity contribution >= 4 is 27.9 Å². The maximum Gasteiger partial charge on any atom is 0.407 e. The molecule has 2 aromatic rings. The standard InChI is InChI=1S/C32H46N4O9S/c1-32(2,14-8-15-34-30(38)42-3)21-36(46(40,41)24-12-7-11-23(33)18-24)19-27(37)26(17-22-9-5-4-6-10-22)35-31(39)45-28-20-44-29-25(28)13-16-43-29/h4-7,9-12,18,25-29,37H,8,13-17,19-21,33H2,1-3H3,(H,34,38)(H,35,39)/t25-,26-,27+,28-,29+/m0/s1. The quantitative estimate of drug-likeness (QED) is 0.164. The summed E-state index contributed by atoms with van der Waals surface area (Å²) in [4.78, 5) is 24.6. The average Bonchev–Trinajstić information content (AvgIpc) is 3.64. The molecule has 2 heterocycles. The smallest absolute Gasteiger partial charge is 0.407 e. The molecule has 0 aromatic heterocycles. The molecule has 0 radical (unpaired) electrons. The minimum absolute atomic E-state index is 0.00981. The predicted octanol–water partition coefficient (Wildman–Crippen LogP) is 2.88. The first kappa shape index (κ1) is 35.4. The van der Waals surface area contributed by atoms with E-state index in [0.717, 1.165) is 5.56 Å². The van der Waals surface area contributed by atoms with E-state index in [1.807, 2.05) is 44.2 Å². The number of ether oxygens (including phenoxy) is 4. The summed E-state index contributed by atoms with van der Waals surface area (Å²) in [6.07, 6.45) is -1.41. The highest BCUT2D eigenvalue weighted by molar-refractivity contribution is 7.89. The van der Waals surface area contributed by atoms with Crippen LogP contribution in [0.5, 0.6) is 0 Å². The van der Waals surface area contributed by atoms with Crippen molar-refractivity contribution in [2.45, 2.75) is 69.0 Å². The molecule has 2 amide bonds. The molecule has 2 saturated heterocycles. The van der Waals surface area contributed by atoms with Gasteiger partial charge in [-0.1, -0.05) is 50.2 Å². The van der Waals surface area contributed by atoms with Crippen LogP contribution in [0.4, 0.5) is 15.3 Å². The highest BCUT2D eigenvalue weighted by Gasteiger charge is 2.44. The number of nitrogens with two attached hydrogens (primary N) is 1. The van der Waals surface area contributed by atoms with Gasteiger partial charge >= 0.3 is 12.2 Å². The van der Waals surface area contributed by atoms with Gasteiger partial charge in [0.2, 0.25) is 10.0 Å². The van der Waals surface area contributed by atoms with Crippen LogP contribution in [-0.2, 0) is 35.4 Å². The molecule has 4 rings (SSSR count). The summed E-state index contributed by atoms with van der Waals surface area (Å²) in [5.74, 6) is -0.0627. The Kier molecular flexibility index (Phi) is 12.3. The van der Waals surface area contributed by atoms with E-state index < -0.39 is 52.2 Å². The minimum Gasteiger partial charge on any atom is -0.453 e. The number of aliphatic hydroxyl groups is 1. The largest absolute Gasteiger partial charge is 0.453 e. The van der Waals surface area contributed by atoms with Gasteiger partial charge in [0.1, 0.15) is 6.10 Å². The van der Waals surface area contributed by atoms with E-state index in [0.29, 0.717) is 32.4 Å². The predicted molar refractivity (Wildman–Crippen MR) is 170 cm³/mol. The molecule has 2 fully saturated rings. The fourth-order valence-electron chi connectivity index (χ4n) is 5.82. The topological polar surface area (TPSA) is 179 Å². The number of nitrogen functional groups attached to an aromatic ring is 1. The van der Waals surface area contributed by atoms with E-state index in [-0.39, 0.29) is 42.6 Å². The third kappa shape index (κ3) is 9.79. The van der Waals surface area contributed by atoms with Crippen LogP contribution >= 0.6 is 0 Å². The van der Waals surface area contributed by atoms with Crippen molar-refractivity contribution in [3.8, 4) is 0 Å². The summed E-state index contributed by atoms with van der Waals surface area (Å²) in [6, 6.07) is 14.4. The Bertz CT molecular complexity index is 1410. The second kappa shape index (κ2) is 15.9. The summed E-state index contributed by atoms with van der Waals surface area (Å²) in [7, 11) is -2.85. The molecule has 0 unspecified atom stereocenters. The fourth-order valence-corrected chi connectivity index (χ4v) is 7.52. The zero-order chi connectivity index (χ0) is 33.3. The number of carbonyl (C=O) groups excluding carboxylic acids is 2. The molecule has 2 aliphatic heterocycles. The number of nitrogens with zero attached hydrogens (tertiary/aromatic N) is 1. The third-order valence-corrected chi connectivity index (χ3v) is 10.1. The Hall–Kier alpha value is -3.43. The normalized spacial score (nSPS) is 20.9. The summed E-state index contributed by atoms with van der Waals surface area (Å²) < 4.78 is 50.8. The molecule has 14 heteroatoms. The number of methoxy groups -OCH3 is 1. The van der Waals surface area contributed by atoms with Crippen molar-refractivity contribution in [2.24, 2.45) is 11.3 Å². The van der Waals surface area contributed by atoms with E-state index in [1.165, 1.54) is 23.5 Å². The van der Waals surface area contributed by atoms with Crippen molar-refractivity contribution in [3.05, 3.63) is 60.2 Å². The molecule has 254 valence electrons. The van der Waals surface area contributed by atoms with Crippen LogP contribution in [0.2, 0.25) is 0 Å². The van der Waals surface area contributed by atoms with Gasteiger partial charge in [0.15, 0.2) is 6.29 Å². The summed E-state index contributed by atoms with van der Waals surface area (Å²) in [5, 5.41) is 17.1. The van der Waals surface area contributed by atoms with Gasteiger partial charge in [-0.15, -0.1) is 0 Å². The third-order valence-electron chi connectivity index (χ3n) is 8.29. The molecule has 0 saturated carbocycles. The van der Waals surface area contributed by atoms with Crippen LogP contribution < -0.4 is 16.4 Å². The SMILES string of the molecule is COC(=O)NCCCC(C)(C)CN(C[C@@H](O)[C@H](Cc1ccccc1)NC(=O)O[C@H]1CO[C@H]2OCC[C@H]21)S(=O)(=O)c1cccc(N)c1. The Morgan fingerprint density at radius 1 is 1.13 bits per heavy atom. The summed E-state index contributed by atoms with van der Waals surface area (Å²) in [6.45, 7) is 4.66. The van der Waals surface area contributed by atoms with Gasteiger partial charge in [0.25, 0.3) is 0 Å². The van der Waals surface area contributed by atoms with Gasteiger partial charge in [0, 0.05) is 25.3 Å². The highest BCUT2D eigenvalue weighted by atomic mass is 32.2. The van der Waals surface area contributed by atoms with E-state index in [1.54, 1.807) is 12.1 Å². The summed E-state index contributed by atoms with van der Waals surface area (Å²) in [5.41, 5.74) is 6.49. The van der Waals surface area contributed by atoms with Gasteiger partial charge < -0.3 is 40.4 Å². The molecule has 2 aromatic carbocycles. The Morgan fingerprint density at radius 2 is 1.89 bits per heavy atom. The van der Waals surface area contributed by atoms with Gasteiger partial charge in [-0.3, -0.25) is 0 Å². The average molecular weight is 663 g/mol. The van der Waals surface area contributed by atoms with Gasteiger partial charge in [-0.25, -0.2) is 18.0 Å². The van der Waals surface area contributed by atoms with Crippen molar-refractivity contribution in [1.82, 2.24) is 14.9 Å². The van der Waals surface area contributed by atoms with Crippen LogP contribution in [0.1, 0.15) is 38.7 Å². The van der Waals surface area contributed by atoms with E-state index in [2.05, 4.69) is 15.4 Å². The fraction of sp³-hybridized carbons (Fsp3) is 0.562. The maximum atomic E-state index is 14.0. The van der Waals surface area contributed by atoms with E-state index in [9.17, 15) is 23.1 Å². The lowest BCUT2D eigenvalue weighted by Crippen LogP contribution is -2.52. The Labute approximate surface area is 270 Å². The molecule has 5 atom stereocenters. The van der Waals surface area contributed by atoms with Crippen LogP contribution in [0.3, 0.4) is 0 Å². The molecular formula is C32H46N4O9S. The van der Waals surface area contributed by atoms with Crippen LogP contribution in [0.25, 0.3) is 0 Å². The van der Waals surface area contributed by atoms with Crippen molar-refractivity contribution < 1.29 is 42.1 Å².